The zero-order valence-electron chi connectivity index (χ0n) is 7.65. The van der Waals surface area contributed by atoms with Gasteiger partial charge in [0.15, 0.2) is 0 Å². The van der Waals surface area contributed by atoms with Gasteiger partial charge in [-0.2, -0.15) is 13.2 Å². The molecule has 88 valence electrons. The Bertz CT molecular complexity index is 247. The molecule has 3 atom stereocenters. The molecule has 2 nitrogen and oxygen atoms in total. The van der Waals surface area contributed by atoms with E-state index in [1.807, 2.05) is 5.32 Å². The molecular weight excluding hydrogens is 343 g/mol. The van der Waals surface area contributed by atoms with Gasteiger partial charge in [0.2, 0.25) is 0 Å². The number of rotatable bonds is 1. The Hall–Kier alpha value is 0.220. The molecular formula is C8H10Br2F3NO. The summed E-state index contributed by atoms with van der Waals surface area (Å²) >= 11 is 6.76. The summed E-state index contributed by atoms with van der Waals surface area (Å²) in [5.41, 5.74) is 0. The Morgan fingerprint density at radius 3 is 2.27 bits per heavy atom. The quantitative estimate of drug-likeness (QED) is 0.722. The third-order valence-electron chi connectivity index (χ3n) is 2.29. The molecule has 15 heavy (non-hydrogen) atoms. The molecule has 0 aromatic heterocycles. The van der Waals surface area contributed by atoms with Gasteiger partial charge in [-0.3, -0.25) is 4.79 Å². The Labute approximate surface area is 102 Å². The number of carbonyl (C=O) groups excluding carboxylic acids is 1. The third kappa shape index (κ3) is 3.94. The van der Waals surface area contributed by atoms with Crippen molar-refractivity contribution in [1.82, 2.24) is 5.32 Å². The van der Waals surface area contributed by atoms with Gasteiger partial charge in [0.05, 0.1) is 0 Å². The summed E-state index contributed by atoms with van der Waals surface area (Å²) in [5, 5.41) is 2.00. The molecule has 1 saturated carbocycles. The molecule has 1 N–H and O–H groups in total. The lowest BCUT2D eigenvalue weighted by molar-refractivity contribution is -0.174. The molecule has 0 saturated heterocycles. The van der Waals surface area contributed by atoms with E-state index in [1.54, 1.807) is 0 Å². The van der Waals surface area contributed by atoms with E-state index in [9.17, 15) is 18.0 Å². The van der Waals surface area contributed by atoms with E-state index in [0.29, 0.717) is 12.8 Å². The van der Waals surface area contributed by atoms with Crippen LogP contribution >= 0.6 is 31.9 Å². The van der Waals surface area contributed by atoms with Gasteiger partial charge in [-0.25, -0.2) is 0 Å². The summed E-state index contributed by atoms with van der Waals surface area (Å²) in [4.78, 5) is 11.0. The molecule has 1 amide bonds. The largest absolute Gasteiger partial charge is 0.471 e. The average molecular weight is 353 g/mol. The number of alkyl halides is 5. The third-order valence-corrected chi connectivity index (χ3v) is 5.10. The summed E-state index contributed by atoms with van der Waals surface area (Å²) in [6.07, 6.45) is -2.96. The maximum atomic E-state index is 11.9. The zero-order chi connectivity index (χ0) is 11.6. The first-order chi connectivity index (χ1) is 6.80. The van der Waals surface area contributed by atoms with Crippen LogP contribution in [0.4, 0.5) is 13.2 Å². The van der Waals surface area contributed by atoms with Crippen molar-refractivity contribution in [3.63, 3.8) is 0 Å². The van der Waals surface area contributed by atoms with Gasteiger partial charge >= 0.3 is 12.1 Å². The average Bonchev–Trinajstić information content (AvgIpc) is 2.10. The van der Waals surface area contributed by atoms with Crippen molar-refractivity contribution in [2.24, 2.45) is 0 Å². The SMILES string of the molecule is O=C(N[C@H]1CC[C@@H](Br)[C@H](Br)C1)C(F)(F)F. The molecule has 1 rings (SSSR count). The van der Waals surface area contributed by atoms with Crippen molar-refractivity contribution in [3.05, 3.63) is 0 Å². The van der Waals surface area contributed by atoms with Crippen LogP contribution in [0.15, 0.2) is 0 Å². The lowest BCUT2D eigenvalue weighted by Crippen LogP contribution is -2.46. The number of carbonyl (C=O) groups is 1. The molecule has 0 aliphatic heterocycles. The van der Waals surface area contributed by atoms with E-state index >= 15 is 0 Å². The number of hydrogen-bond donors (Lipinski definition) is 1. The van der Waals surface area contributed by atoms with Crippen LogP contribution in [0.2, 0.25) is 0 Å². The molecule has 0 heterocycles. The summed E-state index contributed by atoms with van der Waals surface area (Å²) in [6.45, 7) is 0. The lowest BCUT2D eigenvalue weighted by atomic mass is 9.95. The molecule has 0 aromatic carbocycles. The minimum atomic E-state index is -4.78. The maximum absolute atomic E-state index is 11.9. The van der Waals surface area contributed by atoms with E-state index in [2.05, 4.69) is 31.9 Å². The van der Waals surface area contributed by atoms with E-state index in [0.717, 1.165) is 6.42 Å². The highest BCUT2D eigenvalue weighted by Crippen LogP contribution is 2.30. The second kappa shape index (κ2) is 5.03. The topological polar surface area (TPSA) is 29.1 Å². The smallest absolute Gasteiger partial charge is 0.346 e. The summed E-state index contributed by atoms with van der Waals surface area (Å²) in [5.74, 6) is -1.85. The van der Waals surface area contributed by atoms with Crippen LogP contribution in [0.1, 0.15) is 19.3 Å². The fraction of sp³-hybridized carbons (Fsp3) is 0.875. The molecule has 0 aromatic rings. The normalized spacial score (nSPS) is 32.5. The minimum Gasteiger partial charge on any atom is -0.346 e. The number of nitrogens with one attached hydrogen (secondary N) is 1. The first kappa shape index (κ1) is 13.3. The van der Waals surface area contributed by atoms with E-state index in [4.69, 9.17) is 0 Å². The monoisotopic (exact) mass is 351 g/mol. The molecule has 1 aliphatic rings. The highest BCUT2D eigenvalue weighted by atomic mass is 79.9. The fourth-order valence-electron chi connectivity index (χ4n) is 1.48. The van der Waals surface area contributed by atoms with Crippen LogP contribution in [0.5, 0.6) is 0 Å². The Morgan fingerprint density at radius 2 is 1.80 bits per heavy atom. The van der Waals surface area contributed by atoms with Gasteiger partial charge in [0.1, 0.15) is 0 Å². The standard InChI is InChI=1S/C8H10Br2F3NO/c9-5-2-1-4(3-6(5)10)14-7(15)8(11,12)13/h4-6H,1-3H2,(H,14,15)/t4-,5+,6+/m0/s1. The first-order valence-corrected chi connectivity index (χ1v) is 6.29. The van der Waals surface area contributed by atoms with Gasteiger partial charge < -0.3 is 5.32 Å². The van der Waals surface area contributed by atoms with Gasteiger partial charge in [-0.15, -0.1) is 0 Å². The van der Waals surface area contributed by atoms with Crippen molar-refractivity contribution in [2.45, 2.75) is 41.1 Å². The molecule has 0 spiro atoms. The predicted octanol–water partition coefficient (Wildman–Crippen LogP) is 2.74. The zero-order valence-corrected chi connectivity index (χ0v) is 10.8. The van der Waals surface area contributed by atoms with E-state index in [-0.39, 0.29) is 9.65 Å². The van der Waals surface area contributed by atoms with E-state index < -0.39 is 18.1 Å². The molecule has 0 radical (unpaired) electrons. The fourth-order valence-corrected chi connectivity index (χ4v) is 2.67. The highest BCUT2D eigenvalue weighted by molar-refractivity contribution is 9.12. The summed E-state index contributed by atoms with van der Waals surface area (Å²) in [7, 11) is 0. The van der Waals surface area contributed by atoms with Crippen molar-refractivity contribution in [3.8, 4) is 0 Å². The predicted molar refractivity (Wildman–Crippen MR) is 57.3 cm³/mol. The number of amides is 1. The van der Waals surface area contributed by atoms with Crippen LogP contribution in [0, 0.1) is 0 Å². The number of hydrogen-bond acceptors (Lipinski definition) is 1. The summed E-state index contributed by atoms with van der Waals surface area (Å²) < 4.78 is 35.8. The van der Waals surface area contributed by atoms with Gasteiger partial charge in [-0.05, 0) is 19.3 Å². The van der Waals surface area contributed by atoms with Gasteiger partial charge in [0.25, 0.3) is 0 Å². The van der Waals surface area contributed by atoms with Crippen LogP contribution in [0.3, 0.4) is 0 Å². The van der Waals surface area contributed by atoms with Crippen molar-refractivity contribution in [2.75, 3.05) is 0 Å². The van der Waals surface area contributed by atoms with Crippen LogP contribution < -0.4 is 5.32 Å². The second-order valence-electron chi connectivity index (χ2n) is 3.51. The first-order valence-electron chi connectivity index (χ1n) is 4.46. The second-order valence-corrected chi connectivity index (χ2v) is 5.87. The minimum absolute atomic E-state index is 0.102. The molecule has 7 heteroatoms. The number of halogens is 5. The maximum Gasteiger partial charge on any atom is 0.471 e. The van der Waals surface area contributed by atoms with Crippen LogP contribution in [0.25, 0.3) is 0 Å². The van der Waals surface area contributed by atoms with Crippen molar-refractivity contribution < 1.29 is 18.0 Å². The van der Waals surface area contributed by atoms with Crippen molar-refractivity contribution >= 4 is 37.8 Å². The summed E-state index contributed by atoms with van der Waals surface area (Å²) in [6, 6.07) is -0.391. The van der Waals surface area contributed by atoms with E-state index in [1.165, 1.54) is 0 Å². The molecule has 1 aliphatic carbocycles. The molecule has 0 bridgehead atoms. The molecule has 0 unspecified atom stereocenters. The Kier molecular flexibility index (Phi) is 4.46. The van der Waals surface area contributed by atoms with Crippen LogP contribution in [-0.4, -0.2) is 27.8 Å². The Morgan fingerprint density at radius 1 is 1.20 bits per heavy atom. The van der Waals surface area contributed by atoms with Crippen molar-refractivity contribution in [1.29, 1.82) is 0 Å². The van der Waals surface area contributed by atoms with Gasteiger partial charge in [-0.1, -0.05) is 31.9 Å². The lowest BCUT2D eigenvalue weighted by Gasteiger charge is -2.30. The molecule has 1 fully saturated rings. The van der Waals surface area contributed by atoms with Crippen LogP contribution in [-0.2, 0) is 4.79 Å². The highest BCUT2D eigenvalue weighted by Gasteiger charge is 2.40. The Balaban J connectivity index is 2.44. The van der Waals surface area contributed by atoms with Gasteiger partial charge in [0, 0.05) is 15.7 Å².